The number of esters is 1. The Morgan fingerprint density at radius 2 is 1.76 bits per heavy atom. The van der Waals surface area contributed by atoms with Crippen LogP contribution in [0.15, 0.2) is 18.2 Å². The minimum absolute atomic E-state index is 0.0332. The van der Waals surface area contributed by atoms with Gasteiger partial charge in [0.05, 0.1) is 27.2 Å². The van der Waals surface area contributed by atoms with Gasteiger partial charge in [-0.05, 0) is 13.3 Å². The van der Waals surface area contributed by atoms with Crippen LogP contribution >= 0.6 is 0 Å². The SMILES string of the molecule is CCCC(CC(=O)OCC)Nc1cc(OC)cc(OC)c1. The van der Waals surface area contributed by atoms with Crippen LogP contribution < -0.4 is 14.8 Å². The van der Waals surface area contributed by atoms with Crippen molar-refractivity contribution in [2.24, 2.45) is 0 Å². The predicted molar refractivity (Wildman–Crippen MR) is 83.1 cm³/mol. The van der Waals surface area contributed by atoms with Gasteiger partial charge in [0.1, 0.15) is 11.5 Å². The maximum absolute atomic E-state index is 11.7. The van der Waals surface area contributed by atoms with Crippen LogP contribution in [0.2, 0.25) is 0 Å². The zero-order chi connectivity index (χ0) is 15.7. The van der Waals surface area contributed by atoms with Crippen molar-refractivity contribution in [2.75, 3.05) is 26.1 Å². The van der Waals surface area contributed by atoms with Gasteiger partial charge in [-0.1, -0.05) is 13.3 Å². The quantitative estimate of drug-likeness (QED) is 0.709. The summed E-state index contributed by atoms with van der Waals surface area (Å²) in [4.78, 5) is 11.7. The number of hydrogen-bond acceptors (Lipinski definition) is 5. The molecule has 21 heavy (non-hydrogen) atoms. The molecular formula is C16H25NO4. The molecule has 1 N–H and O–H groups in total. The molecule has 1 atom stereocenters. The Balaban J connectivity index is 2.79. The van der Waals surface area contributed by atoms with Gasteiger partial charge < -0.3 is 19.5 Å². The Bertz CT molecular complexity index is 426. The maximum atomic E-state index is 11.7. The van der Waals surface area contributed by atoms with Crippen LogP contribution in [0.3, 0.4) is 0 Å². The molecule has 118 valence electrons. The summed E-state index contributed by atoms with van der Waals surface area (Å²) in [5, 5.41) is 3.36. The summed E-state index contributed by atoms with van der Waals surface area (Å²) in [5.74, 6) is 1.24. The number of rotatable bonds is 9. The summed E-state index contributed by atoms with van der Waals surface area (Å²) in [6.07, 6.45) is 2.22. The highest BCUT2D eigenvalue weighted by molar-refractivity contribution is 5.71. The van der Waals surface area contributed by atoms with Crippen molar-refractivity contribution < 1.29 is 19.0 Å². The zero-order valence-corrected chi connectivity index (χ0v) is 13.3. The highest BCUT2D eigenvalue weighted by Crippen LogP contribution is 2.27. The topological polar surface area (TPSA) is 56.8 Å². The van der Waals surface area contributed by atoms with Gasteiger partial charge in [0, 0.05) is 29.9 Å². The van der Waals surface area contributed by atoms with Crippen molar-refractivity contribution in [3.05, 3.63) is 18.2 Å². The first-order valence-corrected chi connectivity index (χ1v) is 7.28. The number of methoxy groups -OCH3 is 2. The van der Waals surface area contributed by atoms with Crippen LogP contribution in [0.5, 0.6) is 11.5 Å². The lowest BCUT2D eigenvalue weighted by atomic mass is 10.1. The molecule has 0 heterocycles. The van der Waals surface area contributed by atoms with Gasteiger partial charge in [-0.25, -0.2) is 0 Å². The van der Waals surface area contributed by atoms with Crippen molar-refractivity contribution in [3.8, 4) is 11.5 Å². The van der Waals surface area contributed by atoms with E-state index in [4.69, 9.17) is 14.2 Å². The molecule has 0 spiro atoms. The van der Waals surface area contributed by atoms with E-state index in [1.54, 1.807) is 14.2 Å². The number of carbonyl (C=O) groups excluding carboxylic acids is 1. The van der Waals surface area contributed by atoms with Crippen LogP contribution in [-0.2, 0) is 9.53 Å². The van der Waals surface area contributed by atoms with E-state index in [0.717, 1.165) is 18.5 Å². The smallest absolute Gasteiger partial charge is 0.307 e. The molecule has 1 unspecified atom stereocenters. The zero-order valence-electron chi connectivity index (χ0n) is 13.3. The monoisotopic (exact) mass is 295 g/mol. The van der Waals surface area contributed by atoms with Crippen LogP contribution in [0.25, 0.3) is 0 Å². The highest BCUT2D eigenvalue weighted by atomic mass is 16.5. The van der Waals surface area contributed by atoms with E-state index in [-0.39, 0.29) is 12.0 Å². The molecule has 0 bridgehead atoms. The van der Waals surface area contributed by atoms with Crippen molar-refractivity contribution in [1.82, 2.24) is 0 Å². The fourth-order valence-corrected chi connectivity index (χ4v) is 2.12. The minimum atomic E-state index is -0.182. The van der Waals surface area contributed by atoms with E-state index in [1.807, 2.05) is 25.1 Å². The minimum Gasteiger partial charge on any atom is -0.497 e. The molecule has 0 saturated carbocycles. The molecule has 5 heteroatoms. The Hall–Kier alpha value is -1.91. The van der Waals surface area contributed by atoms with Crippen molar-refractivity contribution in [2.45, 2.75) is 39.2 Å². The van der Waals surface area contributed by atoms with Gasteiger partial charge in [0.2, 0.25) is 0 Å². The third kappa shape index (κ3) is 5.94. The van der Waals surface area contributed by atoms with E-state index in [9.17, 15) is 4.79 Å². The Kier molecular flexibility index (Phi) is 7.43. The Morgan fingerprint density at radius 1 is 1.14 bits per heavy atom. The van der Waals surface area contributed by atoms with Gasteiger partial charge in [-0.3, -0.25) is 4.79 Å². The lowest BCUT2D eigenvalue weighted by Crippen LogP contribution is -2.24. The fraction of sp³-hybridized carbons (Fsp3) is 0.562. The molecule has 1 aromatic rings. The van der Waals surface area contributed by atoms with Crippen molar-refractivity contribution in [3.63, 3.8) is 0 Å². The first-order valence-electron chi connectivity index (χ1n) is 7.28. The summed E-state index contributed by atoms with van der Waals surface area (Å²) >= 11 is 0. The van der Waals surface area contributed by atoms with E-state index in [0.29, 0.717) is 24.5 Å². The third-order valence-electron chi connectivity index (χ3n) is 3.08. The Morgan fingerprint density at radius 3 is 2.24 bits per heavy atom. The molecule has 0 saturated heterocycles. The van der Waals surface area contributed by atoms with Crippen molar-refractivity contribution in [1.29, 1.82) is 0 Å². The molecule has 0 aromatic heterocycles. The lowest BCUT2D eigenvalue weighted by molar-refractivity contribution is -0.143. The van der Waals surface area contributed by atoms with Crippen LogP contribution in [0.4, 0.5) is 5.69 Å². The fourth-order valence-electron chi connectivity index (χ4n) is 2.12. The molecule has 5 nitrogen and oxygen atoms in total. The number of hydrogen-bond donors (Lipinski definition) is 1. The second-order valence-corrected chi connectivity index (χ2v) is 4.74. The van der Waals surface area contributed by atoms with Gasteiger partial charge in [0.15, 0.2) is 0 Å². The number of carbonyl (C=O) groups is 1. The van der Waals surface area contributed by atoms with E-state index in [2.05, 4.69) is 12.2 Å². The molecule has 1 aromatic carbocycles. The van der Waals surface area contributed by atoms with Gasteiger partial charge >= 0.3 is 5.97 Å². The highest BCUT2D eigenvalue weighted by Gasteiger charge is 2.14. The van der Waals surface area contributed by atoms with Gasteiger partial charge in [0.25, 0.3) is 0 Å². The maximum Gasteiger partial charge on any atom is 0.307 e. The van der Waals surface area contributed by atoms with Gasteiger partial charge in [-0.2, -0.15) is 0 Å². The molecule has 0 aliphatic rings. The van der Waals surface area contributed by atoms with Crippen LogP contribution in [0.1, 0.15) is 33.1 Å². The second kappa shape index (κ2) is 9.10. The predicted octanol–water partition coefficient (Wildman–Crippen LogP) is 3.24. The first-order chi connectivity index (χ1) is 10.1. The lowest BCUT2D eigenvalue weighted by Gasteiger charge is -2.19. The van der Waals surface area contributed by atoms with Crippen LogP contribution in [-0.4, -0.2) is 32.8 Å². The third-order valence-corrected chi connectivity index (χ3v) is 3.08. The summed E-state index contributed by atoms with van der Waals surface area (Å²) in [6.45, 7) is 4.31. The van der Waals surface area contributed by atoms with E-state index in [1.165, 1.54) is 0 Å². The van der Waals surface area contributed by atoms with E-state index >= 15 is 0 Å². The largest absolute Gasteiger partial charge is 0.497 e. The molecule has 0 fully saturated rings. The average Bonchev–Trinajstić information content (AvgIpc) is 2.47. The van der Waals surface area contributed by atoms with Crippen molar-refractivity contribution >= 4 is 11.7 Å². The normalized spacial score (nSPS) is 11.6. The summed E-state index contributed by atoms with van der Waals surface area (Å²) in [6, 6.07) is 5.61. The Labute approximate surface area is 126 Å². The molecule has 0 aliphatic carbocycles. The number of benzene rings is 1. The number of nitrogens with one attached hydrogen (secondary N) is 1. The van der Waals surface area contributed by atoms with E-state index < -0.39 is 0 Å². The number of anilines is 1. The standard InChI is InChI=1S/C16H25NO4/c1-5-7-12(10-16(18)21-6-2)17-13-8-14(19-3)11-15(9-13)20-4/h8-9,11-12,17H,5-7,10H2,1-4H3. The molecule has 0 amide bonds. The molecular weight excluding hydrogens is 270 g/mol. The summed E-state index contributed by atoms with van der Waals surface area (Å²) in [5.41, 5.74) is 0.869. The molecule has 1 rings (SSSR count). The summed E-state index contributed by atoms with van der Waals surface area (Å²) < 4.78 is 15.5. The molecule has 0 radical (unpaired) electrons. The van der Waals surface area contributed by atoms with Crippen LogP contribution in [0, 0.1) is 0 Å². The van der Waals surface area contributed by atoms with Gasteiger partial charge in [-0.15, -0.1) is 0 Å². The molecule has 0 aliphatic heterocycles. The second-order valence-electron chi connectivity index (χ2n) is 4.74. The average molecular weight is 295 g/mol. The number of ether oxygens (including phenoxy) is 3. The summed E-state index contributed by atoms with van der Waals surface area (Å²) in [7, 11) is 3.22. The first kappa shape index (κ1) is 17.1.